The summed E-state index contributed by atoms with van der Waals surface area (Å²) in [6, 6.07) is 0. The van der Waals surface area contributed by atoms with Crippen molar-refractivity contribution in [1.82, 2.24) is 14.7 Å². The first kappa shape index (κ1) is 14.1. The second-order valence-corrected chi connectivity index (χ2v) is 5.89. The van der Waals surface area contributed by atoms with Crippen LogP contribution in [0.5, 0.6) is 0 Å². The average molecular weight is 264 g/mol. The fourth-order valence-electron chi connectivity index (χ4n) is 3.10. The molecule has 1 aliphatic carbocycles. The zero-order valence-corrected chi connectivity index (χ0v) is 12.6. The van der Waals surface area contributed by atoms with Crippen molar-refractivity contribution >= 4 is 12.1 Å². The average Bonchev–Trinajstić information content (AvgIpc) is 2.57. The second-order valence-electron chi connectivity index (χ2n) is 5.89. The largest absolute Gasteiger partial charge is 0.357 e. The van der Waals surface area contributed by atoms with Crippen LogP contribution in [-0.4, -0.2) is 54.2 Å². The standard InChI is InChI=1S/C14H24N4O/c1-11-12(9-19)13(18(5)15-11)17(4)10-14(16(2)3)7-6-8-14/h9H,6-8,10H2,1-5H3. The maximum Gasteiger partial charge on any atom is 0.155 e. The van der Waals surface area contributed by atoms with E-state index in [4.69, 9.17) is 0 Å². The van der Waals surface area contributed by atoms with Crippen molar-refractivity contribution < 1.29 is 4.79 Å². The zero-order chi connectivity index (χ0) is 14.2. The number of carbonyl (C=O) groups excluding carboxylic acids is 1. The molecule has 19 heavy (non-hydrogen) atoms. The van der Waals surface area contributed by atoms with Crippen LogP contribution >= 0.6 is 0 Å². The van der Waals surface area contributed by atoms with Gasteiger partial charge in [0.2, 0.25) is 0 Å². The second kappa shape index (κ2) is 4.96. The predicted molar refractivity (Wildman–Crippen MR) is 76.9 cm³/mol. The Kier molecular flexibility index (Phi) is 3.67. The summed E-state index contributed by atoms with van der Waals surface area (Å²) < 4.78 is 1.81. The quantitative estimate of drug-likeness (QED) is 0.755. The van der Waals surface area contributed by atoms with E-state index in [1.807, 2.05) is 21.0 Å². The number of hydrogen-bond acceptors (Lipinski definition) is 4. The summed E-state index contributed by atoms with van der Waals surface area (Å²) in [5, 5.41) is 4.35. The lowest BCUT2D eigenvalue weighted by atomic mass is 9.75. The number of aryl methyl sites for hydroxylation is 2. The van der Waals surface area contributed by atoms with Gasteiger partial charge in [0.15, 0.2) is 6.29 Å². The molecule has 0 atom stereocenters. The Bertz CT molecular complexity index is 474. The molecule has 1 fully saturated rings. The number of nitrogens with zero attached hydrogens (tertiary/aromatic N) is 4. The van der Waals surface area contributed by atoms with Crippen molar-refractivity contribution in [2.45, 2.75) is 31.7 Å². The van der Waals surface area contributed by atoms with Crippen LogP contribution in [0, 0.1) is 6.92 Å². The van der Waals surface area contributed by atoms with Crippen LogP contribution in [0.25, 0.3) is 0 Å². The van der Waals surface area contributed by atoms with E-state index >= 15 is 0 Å². The molecule has 0 amide bonds. The molecule has 106 valence electrons. The lowest BCUT2D eigenvalue weighted by molar-refractivity contribution is 0.0680. The van der Waals surface area contributed by atoms with Gasteiger partial charge in [-0.05, 0) is 40.3 Å². The molecule has 1 saturated carbocycles. The summed E-state index contributed by atoms with van der Waals surface area (Å²) in [4.78, 5) is 15.7. The summed E-state index contributed by atoms with van der Waals surface area (Å²) in [6.07, 6.45) is 4.64. The number of hydrogen-bond donors (Lipinski definition) is 0. The monoisotopic (exact) mass is 264 g/mol. The van der Waals surface area contributed by atoms with Gasteiger partial charge in [-0.3, -0.25) is 9.48 Å². The minimum atomic E-state index is 0.243. The molecule has 0 radical (unpaired) electrons. The minimum Gasteiger partial charge on any atom is -0.357 e. The van der Waals surface area contributed by atoms with Crippen molar-refractivity contribution in [2.24, 2.45) is 7.05 Å². The van der Waals surface area contributed by atoms with Crippen molar-refractivity contribution in [3.63, 3.8) is 0 Å². The molecule has 0 aliphatic heterocycles. The van der Waals surface area contributed by atoms with Gasteiger partial charge >= 0.3 is 0 Å². The van der Waals surface area contributed by atoms with Gasteiger partial charge in [-0.2, -0.15) is 5.10 Å². The van der Waals surface area contributed by atoms with E-state index in [1.54, 1.807) is 4.68 Å². The summed E-state index contributed by atoms with van der Waals surface area (Å²) in [6.45, 7) is 2.81. The molecule has 0 aromatic carbocycles. The Morgan fingerprint density at radius 1 is 1.37 bits per heavy atom. The SMILES string of the molecule is Cc1nn(C)c(N(C)CC2(N(C)C)CCC2)c1C=O. The normalized spacial score (nSPS) is 17.4. The van der Waals surface area contributed by atoms with E-state index in [2.05, 4.69) is 29.0 Å². The highest BCUT2D eigenvalue weighted by atomic mass is 16.1. The number of anilines is 1. The number of carbonyl (C=O) groups is 1. The van der Waals surface area contributed by atoms with E-state index in [0.717, 1.165) is 24.3 Å². The Labute approximate surface area is 115 Å². The first-order valence-electron chi connectivity index (χ1n) is 6.78. The molecule has 1 heterocycles. The van der Waals surface area contributed by atoms with Crippen LogP contribution in [0.1, 0.15) is 35.3 Å². The lowest BCUT2D eigenvalue weighted by Gasteiger charge is -2.49. The molecule has 1 aromatic rings. The molecule has 1 aliphatic rings. The number of likely N-dealkylation sites (N-methyl/N-ethyl adjacent to an activating group) is 2. The molecule has 0 unspecified atom stereocenters. The predicted octanol–water partition coefficient (Wildman–Crippen LogP) is 1.46. The molecular formula is C14H24N4O. The maximum absolute atomic E-state index is 11.3. The fraction of sp³-hybridized carbons (Fsp3) is 0.714. The van der Waals surface area contributed by atoms with Crippen LogP contribution in [0.3, 0.4) is 0 Å². The molecule has 2 rings (SSSR count). The van der Waals surface area contributed by atoms with Gasteiger partial charge in [0.05, 0.1) is 11.3 Å². The molecule has 0 saturated heterocycles. The molecule has 0 spiro atoms. The van der Waals surface area contributed by atoms with Crippen LogP contribution in [0.4, 0.5) is 5.82 Å². The van der Waals surface area contributed by atoms with E-state index in [1.165, 1.54) is 19.3 Å². The van der Waals surface area contributed by atoms with Gasteiger partial charge in [-0.1, -0.05) is 0 Å². The smallest absolute Gasteiger partial charge is 0.155 e. The van der Waals surface area contributed by atoms with Crippen LogP contribution in [0.2, 0.25) is 0 Å². The molecule has 5 heteroatoms. The maximum atomic E-state index is 11.3. The van der Waals surface area contributed by atoms with Gasteiger partial charge < -0.3 is 9.80 Å². The van der Waals surface area contributed by atoms with E-state index in [0.29, 0.717) is 5.56 Å². The third kappa shape index (κ3) is 2.27. The molecular weight excluding hydrogens is 240 g/mol. The summed E-state index contributed by atoms with van der Waals surface area (Å²) in [5.41, 5.74) is 1.75. The van der Waals surface area contributed by atoms with Gasteiger partial charge in [0, 0.05) is 26.2 Å². The first-order valence-corrected chi connectivity index (χ1v) is 6.78. The molecule has 0 N–H and O–H groups in total. The van der Waals surface area contributed by atoms with Crippen LogP contribution < -0.4 is 4.90 Å². The fourth-order valence-corrected chi connectivity index (χ4v) is 3.10. The van der Waals surface area contributed by atoms with Gasteiger partial charge in [0.25, 0.3) is 0 Å². The third-order valence-electron chi connectivity index (χ3n) is 4.48. The summed E-state index contributed by atoms with van der Waals surface area (Å²) >= 11 is 0. The summed E-state index contributed by atoms with van der Waals surface area (Å²) in [7, 11) is 8.23. The van der Waals surface area contributed by atoms with Crippen molar-refractivity contribution in [2.75, 3.05) is 32.6 Å². The van der Waals surface area contributed by atoms with Crippen molar-refractivity contribution in [3.05, 3.63) is 11.3 Å². The molecule has 1 aromatic heterocycles. The Hall–Kier alpha value is -1.36. The third-order valence-corrected chi connectivity index (χ3v) is 4.48. The highest BCUT2D eigenvalue weighted by Gasteiger charge is 2.40. The Morgan fingerprint density at radius 3 is 2.42 bits per heavy atom. The topological polar surface area (TPSA) is 41.4 Å². The van der Waals surface area contributed by atoms with E-state index in [-0.39, 0.29) is 5.54 Å². The Balaban J connectivity index is 2.25. The van der Waals surface area contributed by atoms with Gasteiger partial charge in [0.1, 0.15) is 5.82 Å². The van der Waals surface area contributed by atoms with E-state index in [9.17, 15) is 4.79 Å². The zero-order valence-electron chi connectivity index (χ0n) is 12.6. The van der Waals surface area contributed by atoms with Crippen LogP contribution in [-0.2, 0) is 7.05 Å². The highest BCUT2D eigenvalue weighted by molar-refractivity contribution is 5.84. The molecule has 0 bridgehead atoms. The van der Waals surface area contributed by atoms with Gasteiger partial charge in [-0.15, -0.1) is 0 Å². The van der Waals surface area contributed by atoms with Crippen molar-refractivity contribution in [3.8, 4) is 0 Å². The van der Waals surface area contributed by atoms with E-state index < -0.39 is 0 Å². The minimum absolute atomic E-state index is 0.243. The first-order chi connectivity index (χ1) is 8.91. The number of rotatable bonds is 5. The lowest BCUT2D eigenvalue weighted by Crippen LogP contribution is -2.57. The van der Waals surface area contributed by atoms with Crippen molar-refractivity contribution in [1.29, 1.82) is 0 Å². The number of aromatic nitrogens is 2. The molecule has 5 nitrogen and oxygen atoms in total. The van der Waals surface area contributed by atoms with Crippen LogP contribution in [0.15, 0.2) is 0 Å². The Morgan fingerprint density at radius 2 is 2.00 bits per heavy atom. The summed E-state index contributed by atoms with van der Waals surface area (Å²) in [5.74, 6) is 0.917. The number of aldehydes is 1. The van der Waals surface area contributed by atoms with Gasteiger partial charge in [-0.25, -0.2) is 0 Å². The highest BCUT2D eigenvalue weighted by Crippen LogP contribution is 2.37.